The molecule has 0 heterocycles. The van der Waals surface area contributed by atoms with Crippen LogP contribution in [0.1, 0.15) is 13.3 Å². The zero-order valence-electron chi connectivity index (χ0n) is 5.45. The molecule has 0 rings (SSSR count). The van der Waals surface area contributed by atoms with Gasteiger partial charge in [0.25, 0.3) is 0 Å². The molecule has 0 aromatic rings. The largest absolute Gasteiger partial charge is 0.392 e. The molecule has 1 unspecified atom stereocenters. The molecule has 0 saturated carbocycles. The van der Waals surface area contributed by atoms with E-state index in [1.165, 1.54) is 6.08 Å². The summed E-state index contributed by atoms with van der Waals surface area (Å²) in [5.74, 6) is 0. The van der Waals surface area contributed by atoms with Gasteiger partial charge in [-0.1, -0.05) is 34.7 Å². The number of hydrogen-bond acceptors (Lipinski definition) is 0. The lowest BCUT2D eigenvalue weighted by Gasteiger charge is -2.00. The molecule has 0 bridgehead atoms. The Labute approximate surface area is 71.6 Å². The molecule has 0 amide bonds. The van der Waals surface area contributed by atoms with Crippen LogP contribution in [0.25, 0.3) is 0 Å². The average Bonchev–Trinajstić information content (AvgIpc) is 1.59. The Hall–Kier alpha value is 0.260. The van der Waals surface area contributed by atoms with Crippen LogP contribution < -0.4 is 0 Å². The standard InChI is InChI=1S/C6H8F3I/c1-5(10)3-2-4-6(7,8)9/h2-3,5H,4H2,1H3/b3-2-. The van der Waals surface area contributed by atoms with Gasteiger partial charge in [-0.05, 0) is 6.92 Å². The van der Waals surface area contributed by atoms with Crippen molar-refractivity contribution in [2.45, 2.75) is 23.4 Å². The second kappa shape index (κ2) is 4.20. The molecule has 0 spiro atoms. The second-order valence-corrected chi connectivity index (χ2v) is 3.89. The topological polar surface area (TPSA) is 0 Å². The number of rotatable bonds is 2. The second-order valence-electron chi connectivity index (χ2n) is 1.92. The molecular weight excluding hydrogens is 256 g/mol. The molecular formula is C6H8F3I. The molecule has 4 heteroatoms. The maximum Gasteiger partial charge on any atom is 0.392 e. The van der Waals surface area contributed by atoms with Crippen molar-refractivity contribution >= 4 is 22.6 Å². The van der Waals surface area contributed by atoms with Gasteiger partial charge in [-0.3, -0.25) is 0 Å². The molecule has 0 aromatic carbocycles. The summed E-state index contributed by atoms with van der Waals surface area (Å²) in [5.41, 5.74) is 0. The Morgan fingerprint density at radius 3 is 2.30 bits per heavy atom. The van der Waals surface area contributed by atoms with Crippen LogP contribution in [-0.4, -0.2) is 10.1 Å². The molecule has 0 aliphatic heterocycles. The minimum atomic E-state index is -4.05. The summed E-state index contributed by atoms with van der Waals surface area (Å²) in [6, 6.07) is 0. The first-order valence-electron chi connectivity index (χ1n) is 2.79. The van der Waals surface area contributed by atoms with Gasteiger partial charge in [-0.25, -0.2) is 0 Å². The summed E-state index contributed by atoms with van der Waals surface area (Å²) < 4.78 is 34.5. The summed E-state index contributed by atoms with van der Waals surface area (Å²) in [6.45, 7) is 1.83. The fraction of sp³-hybridized carbons (Fsp3) is 0.667. The van der Waals surface area contributed by atoms with Gasteiger partial charge in [0.2, 0.25) is 0 Å². The highest BCUT2D eigenvalue weighted by Gasteiger charge is 2.24. The van der Waals surface area contributed by atoms with Crippen LogP contribution in [0, 0.1) is 0 Å². The minimum Gasteiger partial charge on any atom is -0.171 e. The van der Waals surface area contributed by atoms with Gasteiger partial charge in [-0.2, -0.15) is 13.2 Å². The molecule has 1 atom stereocenters. The molecule has 0 nitrogen and oxygen atoms in total. The summed E-state index contributed by atoms with van der Waals surface area (Å²) in [4.78, 5) is 0. The van der Waals surface area contributed by atoms with Gasteiger partial charge >= 0.3 is 6.18 Å². The third-order valence-corrected chi connectivity index (χ3v) is 1.17. The Bertz CT molecular complexity index is 115. The van der Waals surface area contributed by atoms with E-state index in [4.69, 9.17) is 0 Å². The molecule has 0 aliphatic carbocycles. The van der Waals surface area contributed by atoms with E-state index in [9.17, 15) is 13.2 Å². The van der Waals surface area contributed by atoms with Crippen molar-refractivity contribution in [1.82, 2.24) is 0 Å². The number of hydrogen-bond donors (Lipinski definition) is 0. The fourth-order valence-electron chi connectivity index (χ4n) is 0.389. The molecule has 0 N–H and O–H groups in total. The van der Waals surface area contributed by atoms with Crippen molar-refractivity contribution in [3.8, 4) is 0 Å². The van der Waals surface area contributed by atoms with E-state index in [1.54, 1.807) is 0 Å². The maximum atomic E-state index is 11.5. The summed E-state index contributed by atoms with van der Waals surface area (Å²) in [5, 5.41) is 0. The predicted molar refractivity (Wildman–Crippen MR) is 43.3 cm³/mol. The van der Waals surface area contributed by atoms with Gasteiger partial charge in [-0.15, -0.1) is 0 Å². The van der Waals surface area contributed by atoms with Gasteiger partial charge in [0, 0.05) is 3.92 Å². The zero-order chi connectivity index (χ0) is 8.20. The SMILES string of the molecule is CC(I)/C=C\CC(F)(F)F. The van der Waals surface area contributed by atoms with Crippen molar-refractivity contribution in [3.05, 3.63) is 12.2 Å². The first-order valence-corrected chi connectivity index (χ1v) is 4.04. The smallest absolute Gasteiger partial charge is 0.171 e. The van der Waals surface area contributed by atoms with E-state index in [0.29, 0.717) is 0 Å². The average molecular weight is 264 g/mol. The van der Waals surface area contributed by atoms with Gasteiger partial charge in [0.15, 0.2) is 0 Å². The highest BCUT2D eigenvalue weighted by atomic mass is 127. The van der Waals surface area contributed by atoms with Crippen LogP contribution in [0.2, 0.25) is 0 Å². The Morgan fingerprint density at radius 2 is 2.00 bits per heavy atom. The molecule has 0 aromatic heterocycles. The lowest BCUT2D eigenvalue weighted by Crippen LogP contribution is -2.04. The van der Waals surface area contributed by atoms with Crippen LogP contribution >= 0.6 is 22.6 Å². The highest BCUT2D eigenvalue weighted by molar-refractivity contribution is 14.1. The van der Waals surface area contributed by atoms with Crippen molar-refractivity contribution in [2.75, 3.05) is 0 Å². The quantitative estimate of drug-likeness (QED) is 0.407. The van der Waals surface area contributed by atoms with E-state index in [0.717, 1.165) is 6.08 Å². The first-order chi connectivity index (χ1) is 4.42. The zero-order valence-corrected chi connectivity index (χ0v) is 7.61. The Balaban J connectivity index is 3.54. The van der Waals surface area contributed by atoms with Gasteiger partial charge in [0.1, 0.15) is 0 Å². The van der Waals surface area contributed by atoms with E-state index in [2.05, 4.69) is 0 Å². The van der Waals surface area contributed by atoms with Crippen LogP contribution in [0.15, 0.2) is 12.2 Å². The molecule has 0 fully saturated rings. The summed E-state index contributed by atoms with van der Waals surface area (Å²) >= 11 is 2.04. The lowest BCUT2D eigenvalue weighted by atomic mass is 10.3. The Morgan fingerprint density at radius 1 is 1.50 bits per heavy atom. The van der Waals surface area contributed by atoms with Crippen LogP contribution in [0.4, 0.5) is 13.2 Å². The first kappa shape index (κ1) is 10.3. The molecule has 0 saturated heterocycles. The van der Waals surface area contributed by atoms with Crippen molar-refractivity contribution in [3.63, 3.8) is 0 Å². The van der Waals surface area contributed by atoms with E-state index in [-0.39, 0.29) is 3.92 Å². The predicted octanol–water partition coefficient (Wildman–Crippen LogP) is 3.32. The fourth-order valence-corrected chi connectivity index (χ4v) is 0.683. The monoisotopic (exact) mass is 264 g/mol. The summed E-state index contributed by atoms with van der Waals surface area (Å²) in [7, 11) is 0. The highest BCUT2D eigenvalue weighted by Crippen LogP contribution is 2.20. The molecule has 10 heavy (non-hydrogen) atoms. The van der Waals surface area contributed by atoms with Gasteiger partial charge in [0.05, 0.1) is 6.42 Å². The number of allylic oxidation sites excluding steroid dienone is 2. The molecule has 0 aliphatic rings. The van der Waals surface area contributed by atoms with Crippen molar-refractivity contribution in [1.29, 1.82) is 0 Å². The normalized spacial score (nSPS) is 16.1. The van der Waals surface area contributed by atoms with Crippen molar-refractivity contribution < 1.29 is 13.2 Å². The van der Waals surface area contributed by atoms with E-state index in [1.807, 2.05) is 29.5 Å². The number of halogens is 4. The maximum absolute atomic E-state index is 11.5. The van der Waals surface area contributed by atoms with Crippen LogP contribution in [-0.2, 0) is 0 Å². The summed E-state index contributed by atoms with van der Waals surface area (Å²) in [6.07, 6.45) is -2.19. The molecule has 60 valence electrons. The van der Waals surface area contributed by atoms with Gasteiger partial charge < -0.3 is 0 Å². The van der Waals surface area contributed by atoms with Crippen LogP contribution in [0.5, 0.6) is 0 Å². The van der Waals surface area contributed by atoms with Crippen LogP contribution in [0.3, 0.4) is 0 Å². The third-order valence-electron chi connectivity index (χ3n) is 0.751. The third kappa shape index (κ3) is 8.26. The minimum absolute atomic E-state index is 0.167. The number of alkyl halides is 4. The molecule has 0 radical (unpaired) electrons. The Kier molecular flexibility index (Phi) is 4.31. The van der Waals surface area contributed by atoms with E-state index < -0.39 is 12.6 Å². The van der Waals surface area contributed by atoms with E-state index >= 15 is 0 Å². The van der Waals surface area contributed by atoms with Crippen molar-refractivity contribution in [2.24, 2.45) is 0 Å². The lowest BCUT2D eigenvalue weighted by molar-refractivity contribution is -0.125.